The van der Waals surface area contributed by atoms with Crippen LogP contribution >= 0.6 is 23.4 Å². The van der Waals surface area contributed by atoms with Gasteiger partial charge in [0.15, 0.2) is 5.78 Å². The van der Waals surface area contributed by atoms with Crippen molar-refractivity contribution in [2.75, 3.05) is 12.4 Å². The topological polar surface area (TPSA) is 59.2 Å². The summed E-state index contributed by atoms with van der Waals surface area (Å²) >= 11 is 7.52. The normalized spacial score (nSPS) is 10.8. The fourth-order valence-electron chi connectivity index (χ4n) is 2.47. The number of benzene rings is 2. The van der Waals surface area contributed by atoms with Crippen molar-refractivity contribution in [2.45, 2.75) is 17.7 Å². The highest BCUT2D eigenvalue weighted by atomic mass is 35.5. The second-order valence-electron chi connectivity index (χ2n) is 5.79. The number of rotatable bonds is 8. The molecule has 0 saturated carbocycles. The molecule has 0 unspecified atom stereocenters. The highest BCUT2D eigenvalue weighted by molar-refractivity contribution is 7.99. The van der Waals surface area contributed by atoms with E-state index in [-0.39, 0.29) is 12.4 Å². The maximum absolute atomic E-state index is 12.0. The summed E-state index contributed by atoms with van der Waals surface area (Å²) in [6.45, 7) is -0.195. The number of para-hydroxylation sites is 1. The van der Waals surface area contributed by atoms with Crippen molar-refractivity contribution in [2.24, 2.45) is 0 Å². The van der Waals surface area contributed by atoms with Crippen LogP contribution in [0.2, 0.25) is 5.02 Å². The molecule has 0 bridgehead atoms. The summed E-state index contributed by atoms with van der Waals surface area (Å²) < 4.78 is 5.11. The predicted molar refractivity (Wildman–Crippen MR) is 105 cm³/mol. The number of Topliss-reactive ketones (excluding diaryl/α,β-unsaturated/α-hetero) is 1. The monoisotopic (exact) mass is 387 g/mol. The first-order valence-electron chi connectivity index (χ1n) is 8.27. The number of ketones is 1. The Bertz CT molecular complexity index is 872. The van der Waals surface area contributed by atoms with Gasteiger partial charge in [-0.2, -0.15) is 0 Å². The van der Waals surface area contributed by atoms with Gasteiger partial charge in [0.2, 0.25) is 0 Å². The van der Waals surface area contributed by atoms with E-state index in [1.54, 1.807) is 17.8 Å². The van der Waals surface area contributed by atoms with Crippen LogP contribution in [-0.2, 0) is 9.53 Å². The molecule has 0 fully saturated rings. The van der Waals surface area contributed by atoms with Gasteiger partial charge in [-0.1, -0.05) is 29.8 Å². The number of hydrogen-bond acceptors (Lipinski definition) is 4. The highest BCUT2D eigenvalue weighted by Gasteiger charge is 2.12. The van der Waals surface area contributed by atoms with Gasteiger partial charge in [-0.05, 0) is 48.6 Å². The van der Waals surface area contributed by atoms with E-state index < -0.39 is 5.97 Å². The molecule has 26 heavy (non-hydrogen) atoms. The third kappa shape index (κ3) is 5.13. The Balaban J connectivity index is 1.38. The van der Waals surface area contributed by atoms with E-state index in [0.717, 1.165) is 28.0 Å². The first-order valence-corrected chi connectivity index (χ1v) is 9.63. The fourth-order valence-corrected chi connectivity index (χ4v) is 3.45. The lowest BCUT2D eigenvalue weighted by atomic mass is 10.2. The van der Waals surface area contributed by atoms with Gasteiger partial charge in [0.1, 0.15) is 12.3 Å². The minimum Gasteiger partial charge on any atom is -0.453 e. The van der Waals surface area contributed by atoms with Crippen LogP contribution in [0.3, 0.4) is 0 Å². The second kappa shape index (κ2) is 8.92. The number of thioether (sulfide) groups is 1. The smallest absolute Gasteiger partial charge is 0.355 e. The van der Waals surface area contributed by atoms with Gasteiger partial charge in [-0.25, -0.2) is 4.79 Å². The zero-order valence-electron chi connectivity index (χ0n) is 14.0. The Kier molecular flexibility index (Phi) is 6.36. The van der Waals surface area contributed by atoms with Crippen LogP contribution in [-0.4, -0.2) is 29.1 Å². The number of aromatic amines is 1. The molecule has 0 amide bonds. The Hall–Kier alpha value is -2.24. The number of carbonyl (C=O) groups is 2. The summed E-state index contributed by atoms with van der Waals surface area (Å²) in [4.78, 5) is 28.0. The molecule has 1 heterocycles. The Morgan fingerprint density at radius 2 is 1.85 bits per heavy atom. The van der Waals surface area contributed by atoms with Gasteiger partial charge in [-0.15, -0.1) is 11.8 Å². The van der Waals surface area contributed by atoms with Crippen LogP contribution in [0.1, 0.15) is 23.3 Å². The van der Waals surface area contributed by atoms with Gasteiger partial charge in [0.25, 0.3) is 0 Å². The average molecular weight is 388 g/mol. The highest BCUT2D eigenvalue weighted by Crippen LogP contribution is 2.21. The van der Waals surface area contributed by atoms with Crippen molar-refractivity contribution in [1.82, 2.24) is 4.98 Å². The molecule has 0 aliphatic carbocycles. The van der Waals surface area contributed by atoms with Crippen LogP contribution in [0.25, 0.3) is 10.9 Å². The first-order chi connectivity index (χ1) is 12.6. The van der Waals surface area contributed by atoms with Crippen molar-refractivity contribution >= 4 is 46.0 Å². The van der Waals surface area contributed by atoms with Crippen LogP contribution < -0.4 is 0 Å². The minimum absolute atomic E-state index is 0.0776. The SMILES string of the molecule is O=C(CCCSc1ccc(Cl)cc1)COC(=O)c1cc2ccccc2[nH]1. The van der Waals surface area contributed by atoms with Gasteiger partial charge in [-0.3, -0.25) is 4.79 Å². The van der Waals surface area contributed by atoms with Crippen LogP contribution in [0.15, 0.2) is 59.5 Å². The van der Waals surface area contributed by atoms with Crippen LogP contribution in [0.4, 0.5) is 0 Å². The van der Waals surface area contributed by atoms with E-state index in [9.17, 15) is 9.59 Å². The van der Waals surface area contributed by atoms with E-state index in [1.165, 1.54) is 0 Å². The maximum atomic E-state index is 12.0. The molecule has 0 saturated heterocycles. The molecule has 0 atom stereocenters. The molecule has 0 spiro atoms. The molecule has 2 aromatic carbocycles. The van der Waals surface area contributed by atoms with Gasteiger partial charge in [0.05, 0.1) is 0 Å². The Labute approximate surface area is 160 Å². The molecular formula is C20H18ClNO3S. The van der Waals surface area contributed by atoms with Gasteiger partial charge in [0, 0.05) is 27.2 Å². The summed E-state index contributed by atoms with van der Waals surface area (Å²) in [6.07, 6.45) is 1.12. The van der Waals surface area contributed by atoms with Crippen molar-refractivity contribution in [3.8, 4) is 0 Å². The second-order valence-corrected chi connectivity index (χ2v) is 7.40. The molecule has 0 aliphatic rings. The largest absolute Gasteiger partial charge is 0.453 e. The number of H-pyrrole nitrogens is 1. The van der Waals surface area contributed by atoms with Crippen molar-refractivity contribution in [1.29, 1.82) is 0 Å². The molecule has 0 aliphatic heterocycles. The molecular weight excluding hydrogens is 370 g/mol. The van der Waals surface area contributed by atoms with E-state index in [4.69, 9.17) is 16.3 Å². The molecule has 1 aromatic heterocycles. The molecule has 3 aromatic rings. The number of esters is 1. The van der Waals surface area contributed by atoms with Gasteiger partial charge >= 0.3 is 5.97 Å². The number of ether oxygens (including phenoxy) is 1. The summed E-state index contributed by atoms with van der Waals surface area (Å²) in [6, 6.07) is 16.9. The lowest BCUT2D eigenvalue weighted by Crippen LogP contribution is -2.14. The van der Waals surface area contributed by atoms with E-state index >= 15 is 0 Å². The van der Waals surface area contributed by atoms with Gasteiger partial charge < -0.3 is 9.72 Å². The quantitative estimate of drug-likeness (QED) is 0.331. The molecule has 4 nitrogen and oxygen atoms in total. The van der Waals surface area contributed by atoms with Crippen molar-refractivity contribution < 1.29 is 14.3 Å². The fraction of sp³-hybridized carbons (Fsp3) is 0.200. The number of hydrogen-bond donors (Lipinski definition) is 1. The summed E-state index contributed by atoms with van der Waals surface area (Å²) in [7, 11) is 0. The van der Waals surface area contributed by atoms with E-state index in [1.807, 2.05) is 48.5 Å². The van der Waals surface area contributed by atoms with Crippen molar-refractivity contribution in [3.63, 3.8) is 0 Å². The lowest BCUT2D eigenvalue weighted by molar-refractivity contribution is -0.122. The minimum atomic E-state index is -0.509. The molecule has 6 heteroatoms. The third-order valence-electron chi connectivity index (χ3n) is 3.80. The molecule has 0 radical (unpaired) electrons. The van der Waals surface area contributed by atoms with E-state index in [2.05, 4.69) is 4.98 Å². The number of halogens is 1. The van der Waals surface area contributed by atoms with Crippen LogP contribution in [0, 0.1) is 0 Å². The summed E-state index contributed by atoms with van der Waals surface area (Å²) in [5.74, 6) is 0.236. The first kappa shape index (κ1) is 18.5. The Morgan fingerprint density at radius 1 is 1.08 bits per heavy atom. The molecule has 1 N–H and O–H groups in total. The number of fused-ring (bicyclic) bond motifs is 1. The summed E-state index contributed by atoms with van der Waals surface area (Å²) in [5, 5.41) is 1.64. The molecule has 3 rings (SSSR count). The lowest BCUT2D eigenvalue weighted by Gasteiger charge is -2.04. The zero-order chi connectivity index (χ0) is 18.4. The molecule has 134 valence electrons. The summed E-state index contributed by atoms with van der Waals surface area (Å²) in [5.41, 5.74) is 1.22. The number of aromatic nitrogens is 1. The van der Waals surface area contributed by atoms with Crippen molar-refractivity contribution in [3.05, 3.63) is 65.3 Å². The number of nitrogens with one attached hydrogen (secondary N) is 1. The average Bonchev–Trinajstić information content (AvgIpc) is 3.09. The number of carbonyl (C=O) groups excluding carboxylic acids is 2. The third-order valence-corrected chi connectivity index (χ3v) is 5.15. The zero-order valence-corrected chi connectivity index (χ0v) is 15.6. The van der Waals surface area contributed by atoms with Crippen LogP contribution in [0.5, 0.6) is 0 Å². The Morgan fingerprint density at radius 3 is 2.62 bits per heavy atom. The standard InChI is InChI=1S/C20H18ClNO3S/c21-15-7-9-17(10-8-15)26-11-3-5-16(23)13-25-20(24)19-12-14-4-1-2-6-18(14)22-19/h1-2,4,6-10,12,22H,3,5,11,13H2. The predicted octanol–water partition coefficient (Wildman–Crippen LogP) is 5.12. The maximum Gasteiger partial charge on any atom is 0.355 e. The van der Waals surface area contributed by atoms with E-state index in [0.29, 0.717) is 17.1 Å².